The maximum Gasteiger partial charge on any atom is 0.342 e. The molecule has 2 aromatic carbocycles. The lowest BCUT2D eigenvalue weighted by molar-refractivity contribution is -0.140. The number of methoxy groups -OCH3 is 2. The van der Waals surface area contributed by atoms with Gasteiger partial charge in [0, 0.05) is 49.4 Å². The quantitative estimate of drug-likeness (QED) is 0.236. The number of nitrogens with zero attached hydrogens (tertiary/aromatic N) is 3. The fraction of sp³-hybridized carbons (Fsp3) is 0.424. The number of fused-ring (bicyclic) bond motifs is 1. The van der Waals surface area contributed by atoms with Crippen LogP contribution in [-0.2, 0) is 27.3 Å². The lowest BCUT2D eigenvalue weighted by atomic mass is 9.94. The number of ether oxygens (including phenoxy) is 4. The van der Waals surface area contributed by atoms with Crippen LogP contribution in [0, 0.1) is 30.1 Å². The van der Waals surface area contributed by atoms with Crippen molar-refractivity contribution in [2.24, 2.45) is 0 Å². The summed E-state index contributed by atoms with van der Waals surface area (Å²) in [6.45, 7) is 8.34. The number of allylic oxidation sites excluding steroid dienone is 2. The first-order chi connectivity index (χ1) is 20.4. The number of cyclic esters (lactones) is 1. The highest BCUT2D eigenvalue weighted by atomic mass is 16.5. The van der Waals surface area contributed by atoms with Gasteiger partial charge in [0.15, 0.2) is 0 Å². The van der Waals surface area contributed by atoms with Crippen molar-refractivity contribution in [2.45, 2.75) is 39.7 Å². The Hall–Kier alpha value is -4.47. The van der Waals surface area contributed by atoms with E-state index in [0.29, 0.717) is 48.4 Å². The van der Waals surface area contributed by atoms with Gasteiger partial charge in [0.25, 0.3) is 0 Å². The third-order valence-corrected chi connectivity index (χ3v) is 7.68. The van der Waals surface area contributed by atoms with Crippen LogP contribution in [0.2, 0.25) is 0 Å². The molecule has 0 atom stereocenters. The van der Waals surface area contributed by atoms with Gasteiger partial charge in [-0.25, -0.2) is 4.79 Å². The first kappa shape index (κ1) is 30.5. The summed E-state index contributed by atoms with van der Waals surface area (Å²) in [4.78, 5) is 28.9. The largest absolute Gasteiger partial charge is 0.496 e. The zero-order chi connectivity index (χ0) is 30.1. The van der Waals surface area contributed by atoms with E-state index >= 15 is 0 Å². The number of hydrogen-bond donors (Lipinski definition) is 0. The molecule has 0 amide bonds. The second-order valence-corrected chi connectivity index (χ2v) is 10.3. The van der Waals surface area contributed by atoms with Crippen LogP contribution < -0.4 is 14.4 Å². The maximum atomic E-state index is 12.7. The Kier molecular flexibility index (Phi) is 10.5. The summed E-state index contributed by atoms with van der Waals surface area (Å²) in [6.07, 6.45) is 3.35. The molecular weight excluding hydrogens is 534 g/mol. The van der Waals surface area contributed by atoms with E-state index in [1.165, 1.54) is 7.11 Å². The van der Waals surface area contributed by atoms with E-state index in [4.69, 9.17) is 24.2 Å². The van der Waals surface area contributed by atoms with Crippen LogP contribution in [0.5, 0.6) is 11.5 Å². The number of rotatable bonds is 10. The van der Waals surface area contributed by atoms with Gasteiger partial charge < -0.3 is 23.8 Å². The summed E-state index contributed by atoms with van der Waals surface area (Å²) in [5.74, 6) is 6.75. The molecule has 2 heterocycles. The minimum absolute atomic E-state index is 0.120. The lowest BCUT2D eigenvalue weighted by Crippen LogP contribution is -2.46. The number of carbonyl (C=O) groups is 2. The van der Waals surface area contributed by atoms with Gasteiger partial charge in [0.1, 0.15) is 30.3 Å². The lowest BCUT2D eigenvalue weighted by Gasteiger charge is -2.35. The first-order valence-electron chi connectivity index (χ1n) is 14.0. The number of esters is 2. The normalized spacial score (nSPS) is 14.8. The van der Waals surface area contributed by atoms with Crippen LogP contribution in [0.3, 0.4) is 0 Å². The Morgan fingerprint density at radius 3 is 2.48 bits per heavy atom. The molecule has 2 aliphatic rings. The van der Waals surface area contributed by atoms with Crippen molar-refractivity contribution >= 4 is 17.6 Å². The van der Waals surface area contributed by atoms with Crippen molar-refractivity contribution in [3.63, 3.8) is 0 Å². The van der Waals surface area contributed by atoms with Crippen LogP contribution in [0.15, 0.2) is 35.9 Å². The molecule has 0 unspecified atom stereocenters. The highest BCUT2D eigenvalue weighted by Crippen LogP contribution is 2.42. The number of piperazine rings is 1. The van der Waals surface area contributed by atoms with E-state index in [1.807, 2.05) is 44.2 Å². The van der Waals surface area contributed by atoms with E-state index in [2.05, 4.69) is 27.7 Å². The maximum absolute atomic E-state index is 12.7. The van der Waals surface area contributed by atoms with Crippen molar-refractivity contribution in [3.05, 3.63) is 63.7 Å². The van der Waals surface area contributed by atoms with Gasteiger partial charge in [-0.05, 0) is 56.5 Å². The zero-order valence-corrected chi connectivity index (χ0v) is 24.7. The molecule has 42 heavy (non-hydrogen) atoms. The Labute approximate surface area is 247 Å². The average Bonchev–Trinajstić information content (AvgIpc) is 3.41. The van der Waals surface area contributed by atoms with Crippen LogP contribution in [0.1, 0.15) is 52.4 Å². The first-order valence-corrected chi connectivity index (χ1v) is 14.0. The van der Waals surface area contributed by atoms with Gasteiger partial charge in [-0.3, -0.25) is 9.69 Å². The summed E-state index contributed by atoms with van der Waals surface area (Å²) in [7, 11) is 2.98. The third-order valence-electron chi connectivity index (χ3n) is 7.68. The molecule has 220 valence electrons. The Morgan fingerprint density at radius 1 is 1.07 bits per heavy atom. The minimum atomic E-state index is -0.411. The zero-order valence-electron chi connectivity index (χ0n) is 24.7. The number of hydrogen-bond acceptors (Lipinski definition) is 9. The second kappa shape index (κ2) is 14.4. The topological polar surface area (TPSA) is 101 Å². The van der Waals surface area contributed by atoms with E-state index in [9.17, 15) is 9.59 Å². The SMILES string of the molecule is COC(=O)CC/C(C)=C/Cc1c(OC)c(C)c2c(c1OCC#CCN1CCN(c3ccc(C#N)cc3)CC1)C(=O)OC2. The predicted molar refractivity (Wildman–Crippen MR) is 159 cm³/mol. The Morgan fingerprint density at radius 2 is 1.81 bits per heavy atom. The molecule has 9 nitrogen and oxygen atoms in total. The molecule has 2 aromatic rings. The van der Waals surface area contributed by atoms with E-state index in [-0.39, 0.29) is 19.2 Å². The number of nitriles is 1. The minimum Gasteiger partial charge on any atom is -0.496 e. The van der Waals surface area contributed by atoms with Gasteiger partial charge in [-0.15, -0.1) is 0 Å². The molecule has 0 bridgehead atoms. The van der Waals surface area contributed by atoms with Crippen LogP contribution in [0.4, 0.5) is 5.69 Å². The van der Waals surface area contributed by atoms with E-state index < -0.39 is 5.97 Å². The van der Waals surface area contributed by atoms with Crippen molar-refractivity contribution in [2.75, 3.05) is 58.5 Å². The van der Waals surface area contributed by atoms with Crippen LogP contribution in [-0.4, -0.2) is 70.4 Å². The number of benzene rings is 2. The van der Waals surface area contributed by atoms with Gasteiger partial charge >= 0.3 is 11.9 Å². The molecule has 0 saturated carbocycles. The molecule has 1 fully saturated rings. The summed E-state index contributed by atoms with van der Waals surface area (Å²) < 4.78 is 22.0. The molecule has 1 saturated heterocycles. The summed E-state index contributed by atoms with van der Waals surface area (Å²) in [6, 6.07) is 9.83. The van der Waals surface area contributed by atoms with Gasteiger partial charge in [-0.1, -0.05) is 23.5 Å². The van der Waals surface area contributed by atoms with Gasteiger partial charge in [-0.2, -0.15) is 5.26 Å². The van der Waals surface area contributed by atoms with Crippen LogP contribution in [0.25, 0.3) is 0 Å². The molecule has 4 rings (SSSR count). The molecule has 0 radical (unpaired) electrons. The fourth-order valence-electron chi connectivity index (χ4n) is 5.19. The molecule has 0 aromatic heterocycles. The smallest absolute Gasteiger partial charge is 0.342 e. The van der Waals surface area contributed by atoms with E-state index in [1.54, 1.807) is 7.11 Å². The monoisotopic (exact) mass is 571 g/mol. The van der Waals surface area contributed by atoms with Crippen molar-refractivity contribution < 1.29 is 28.5 Å². The Bertz CT molecular complexity index is 1440. The second-order valence-electron chi connectivity index (χ2n) is 10.3. The molecular formula is C33H37N3O6. The molecule has 0 spiro atoms. The average molecular weight is 572 g/mol. The molecule has 0 N–H and O–H groups in total. The summed E-state index contributed by atoms with van der Waals surface area (Å²) in [5, 5.41) is 9.01. The number of carbonyl (C=O) groups excluding carboxylic acids is 2. The molecule has 0 aliphatic carbocycles. The number of anilines is 1. The van der Waals surface area contributed by atoms with Gasteiger partial charge in [0.05, 0.1) is 32.4 Å². The Balaban J connectivity index is 1.41. The van der Waals surface area contributed by atoms with Crippen molar-refractivity contribution in [1.29, 1.82) is 5.26 Å². The highest BCUT2D eigenvalue weighted by molar-refractivity contribution is 5.98. The molecule has 9 heteroatoms. The fourth-order valence-corrected chi connectivity index (χ4v) is 5.19. The standard InChI is InChI=1S/C33H37N3O6/c1-23(8-14-29(37)39-3)7-13-27-31(40-4)24(2)28-22-42-33(38)30(28)32(27)41-20-6-5-15-35-16-18-36(19-17-35)26-11-9-25(21-34)10-12-26/h7,9-12H,8,13-20,22H2,1-4H3/b23-7+. The molecule has 2 aliphatic heterocycles. The third kappa shape index (κ3) is 7.23. The van der Waals surface area contributed by atoms with E-state index in [0.717, 1.165) is 54.1 Å². The van der Waals surface area contributed by atoms with Gasteiger partial charge in [0.2, 0.25) is 0 Å². The van der Waals surface area contributed by atoms with Crippen molar-refractivity contribution in [3.8, 4) is 29.4 Å². The summed E-state index contributed by atoms with van der Waals surface area (Å²) >= 11 is 0. The van der Waals surface area contributed by atoms with Crippen LogP contribution >= 0.6 is 0 Å². The predicted octanol–water partition coefficient (Wildman–Crippen LogP) is 4.19. The highest BCUT2D eigenvalue weighted by Gasteiger charge is 2.33. The van der Waals surface area contributed by atoms with Crippen molar-refractivity contribution in [1.82, 2.24) is 4.90 Å². The summed E-state index contributed by atoms with van der Waals surface area (Å²) in [5.41, 5.74) is 5.62.